The summed E-state index contributed by atoms with van der Waals surface area (Å²) in [4.78, 5) is 8.59. The summed E-state index contributed by atoms with van der Waals surface area (Å²) in [5.74, 6) is 0.756. The lowest BCUT2D eigenvalue weighted by atomic mass is 10.3. The van der Waals surface area contributed by atoms with Crippen LogP contribution in [0.3, 0.4) is 0 Å². The minimum Gasteiger partial charge on any atom is -0.264 e. The van der Waals surface area contributed by atoms with Crippen molar-refractivity contribution in [2.75, 3.05) is 0 Å². The first kappa shape index (κ1) is 11.1. The van der Waals surface area contributed by atoms with Gasteiger partial charge < -0.3 is 0 Å². The van der Waals surface area contributed by atoms with Crippen LogP contribution in [0.1, 0.15) is 19.7 Å². The Hall–Kier alpha value is -1.42. The van der Waals surface area contributed by atoms with E-state index in [9.17, 15) is 0 Å². The molecule has 0 aliphatic rings. The molecule has 5 heteroatoms. The van der Waals surface area contributed by atoms with Crippen LogP contribution in [0, 0.1) is 0 Å². The van der Waals surface area contributed by atoms with E-state index in [2.05, 4.69) is 15.1 Å². The average molecular weight is 237 g/mol. The van der Waals surface area contributed by atoms with Crippen LogP contribution in [0.25, 0.3) is 11.4 Å². The van der Waals surface area contributed by atoms with Gasteiger partial charge in [-0.25, -0.2) is 9.97 Å². The molecule has 16 heavy (non-hydrogen) atoms. The van der Waals surface area contributed by atoms with E-state index in [0.717, 1.165) is 30.2 Å². The lowest BCUT2D eigenvalue weighted by Gasteiger charge is -2.05. The molecule has 0 saturated heterocycles. The molecule has 0 spiro atoms. The Morgan fingerprint density at radius 2 is 2.12 bits per heavy atom. The zero-order chi connectivity index (χ0) is 11.5. The Morgan fingerprint density at radius 3 is 2.81 bits per heavy atom. The molecule has 2 heterocycles. The van der Waals surface area contributed by atoms with Crippen molar-refractivity contribution >= 4 is 11.6 Å². The largest absolute Gasteiger partial charge is 0.264 e. The van der Waals surface area contributed by atoms with Crippen LogP contribution in [0.15, 0.2) is 18.3 Å². The molecule has 0 bridgehead atoms. The Labute approximate surface area is 99.3 Å². The van der Waals surface area contributed by atoms with Gasteiger partial charge in [-0.3, -0.25) is 4.68 Å². The second kappa shape index (κ2) is 4.61. The quantitative estimate of drug-likeness (QED) is 0.770. The summed E-state index contributed by atoms with van der Waals surface area (Å²) in [5.41, 5.74) is 1.80. The molecular formula is C11H13ClN4. The highest BCUT2D eigenvalue weighted by Gasteiger charge is 2.08. The van der Waals surface area contributed by atoms with Crippen molar-refractivity contribution in [3.63, 3.8) is 0 Å². The number of aromatic nitrogens is 4. The Bertz CT molecular complexity index is 492. The lowest BCUT2D eigenvalue weighted by Crippen LogP contribution is -2.02. The first-order valence-electron chi connectivity index (χ1n) is 5.30. The number of hydrogen-bond acceptors (Lipinski definition) is 3. The van der Waals surface area contributed by atoms with E-state index in [4.69, 9.17) is 11.6 Å². The van der Waals surface area contributed by atoms with E-state index in [1.165, 1.54) is 0 Å². The molecule has 2 aromatic rings. The van der Waals surface area contributed by atoms with Crippen molar-refractivity contribution in [3.8, 4) is 11.4 Å². The first-order chi connectivity index (χ1) is 7.74. The van der Waals surface area contributed by atoms with Gasteiger partial charge in [-0.15, -0.1) is 0 Å². The summed E-state index contributed by atoms with van der Waals surface area (Å²) in [7, 11) is 0. The number of rotatable bonds is 3. The van der Waals surface area contributed by atoms with Crippen LogP contribution >= 0.6 is 11.6 Å². The number of nitrogens with zero attached hydrogens (tertiary/aromatic N) is 4. The summed E-state index contributed by atoms with van der Waals surface area (Å²) in [6.07, 6.45) is 2.54. The Morgan fingerprint density at radius 1 is 1.31 bits per heavy atom. The van der Waals surface area contributed by atoms with Gasteiger partial charge in [0, 0.05) is 25.2 Å². The van der Waals surface area contributed by atoms with Crippen LogP contribution in [0.5, 0.6) is 0 Å². The molecule has 0 atom stereocenters. The van der Waals surface area contributed by atoms with Crippen molar-refractivity contribution in [1.82, 2.24) is 19.7 Å². The van der Waals surface area contributed by atoms with Crippen molar-refractivity contribution in [1.29, 1.82) is 0 Å². The Balaban J connectivity index is 2.51. The van der Waals surface area contributed by atoms with Crippen molar-refractivity contribution < 1.29 is 0 Å². The summed E-state index contributed by atoms with van der Waals surface area (Å²) in [6.45, 7) is 4.86. The molecule has 2 aromatic heterocycles. The fraction of sp³-hybridized carbons (Fsp3) is 0.364. The molecule has 0 unspecified atom stereocenters. The maximum atomic E-state index is 5.96. The first-order valence-corrected chi connectivity index (χ1v) is 5.68. The molecule has 2 rings (SSSR count). The van der Waals surface area contributed by atoms with Gasteiger partial charge in [0.2, 0.25) is 0 Å². The van der Waals surface area contributed by atoms with Crippen LogP contribution in [0.4, 0.5) is 0 Å². The number of halogens is 1. The number of aryl methyl sites for hydroxylation is 2. The fourth-order valence-corrected chi connectivity index (χ4v) is 1.76. The monoisotopic (exact) mass is 236 g/mol. The third-order valence-electron chi connectivity index (χ3n) is 2.34. The van der Waals surface area contributed by atoms with Crippen molar-refractivity contribution in [3.05, 3.63) is 29.3 Å². The molecule has 84 valence electrons. The van der Waals surface area contributed by atoms with E-state index >= 15 is 0 Å². The van der Waals surface area contributed by atoms with E-state index in [1.807, 2.05) is 24.6 Å². The molecule has 0 N–H and O–H groups in total. The lowest BCUT2D eigenvalue weighted by molar-refractivity contribution is 0.665. The van der Waals surface area contributed by atoms with Gasteiger partial charge in [-0.1, -0.05) is 18.5 Å². The minimum absolute atomic E-state index is 0.478. The highest BCUT2D eigenvalue weighted by atomic mass is 35.5. The predicted octanol–water partition coefficient (Wildman–Crippen LogP) is 2.58. The van der Waals surface area contributed by atoms with Gasteiger partial charge in [0.1, 0.15) is 11.0 Å². The summed E-state index contributed by atoms with van der Waals surface area (Å²) in [6, 6.07) is 3.70. The molecule has 0 amide bonds. The van der Waals surface area contributed by atoms with E-state index in [1.54, 1.807) is 12.3 Å². The highest BCUT2D eigenvalue weighted by Crippen LogP contribution is 2.19. The molecule has 0 aliphatic carbocycles. The zero-order valence-corrected chi connectivity index (χ0v) is 10.1. The van der Waals surface area contributed by atoms with Gasteiger partial charge in [0.25, 0.3) is 0 Å². The minimum atomic E-state index is 0.478. The molecule has 0 aliphatic heterocycles. The van der Waals surface area contributed by atoms with Crippen molar-refractivity contribution in [2.24, 2.45) is 0 Å². The van der Waals surface area contributed by atoms with Gasteiger partial charge >= 0.3 is 0 Å². The normalized spacial score (nSPS) is 10.7. The molecule has 0 saturated carbocycles. The standard InChI is InChI=1S/C11H13ClN4/c1-3-11-14-8(7-10(12)15-11)9-5-6-13-16(9)4-2/h5-7H,3-4H2,1-2H3. The zero-order valence-electron chi connectivity index (χ0n) is 9.31. The number of hydrogen-bond donors (Lipinski definition) is 0. The molecule has 0 radical (unpaired) electrons. The van der Waals surface area contributed by atoms with Gasteiger partial charge in [0.15, 0.2) is 0 Å². The van der Waals surface area contributed by atoms with Gasteiger partial charge in [-0.05, 0) is 13.0 Å². The SMILES string of the molecule is CCc1nc(Cl)cc(-c2ccnn2CC)n1. The van der Waals surface area contributed by atoms with Crippen LogP contribution in [-0.4, -0.2) is 19.7 Å². The second-order valence-electron chi connectivity index (χ2n) is 3.38. The summed E-state index contributed by atoms with van der Waals surface area (Å²) in [5, 5.41) is 4.69. The Kier molecular flexibility index (Phi) is 3.19. The molecule has 0 fully saturated rings. The predicted molar refractivity (Wildman–Crippen MR) is 63.3 cm³/mol. The average Bonchev–Trinajstić information content (AvgIpc) is 2.76. The smallest absolute Gasteiger partial charge is 0.133 e. The third-order valence-corrected chi connectivity index (χ3v) is 2.53. The van der Waals surface area contributed by atoms with Gasteiger partial charge in [0.05, 0.1) is 11.4 Å². The highest BCUT2D eigenvalue weighted by molar-refractivity contribution is 6.29. The second-order valence-corrected chi connectivity index (χ2v) is 3.77. The summed E-state index contributed by atoms with van der Waals surface area (Å²) < 4.78 is 1.89. The van der Waals surface area contributed by atoms with Crippen LogP contribution in [0.2, 0.25) is 5.15 Å². The topological polar surface area (TPSA) is 43.6 Å². The third kappa shape index (κ3) is 2.07. The maximum Gasteiger partial charge on any atom is 0.133 e. The van der Waals surface area contributed by atoms with Crippen LogP contribution in [-0.2, 0) is 13.0 Å². The fourth-order valence-electron chi connectivity index (χ4n) is 1.56. The van der Waals surface area contributed by atoms with E-state index in [0.29, 0.717) is 5.15 Å². The molecule has 0 aromatic carbocycles. The molecule has 4 nitrogen and oxygen atoms in total. The van der Waals surface area contributed by atoms with E-state index in [-0.39, 0.29) is 0 Å². The maximum absolute atomic E-state index is 5.96. The van der Waals surface area contributed by atoms with Gasteiger partial charge in [-0.2, -0.15) is 5.10 Å². The van der Waals surface area contributed by atoms with Crippen LogP contribution < -0.4 is 0 Å². The molecular weight excluding hydrogens is 224 g/mol. The van der Waals surface area contributed by atoms with E-state index < -0.39 is 0 Å². The summed E-state index contributed by atoms with van der Waals surface area (Å²) >= 11 is 5.96. The van der Waals surface area contributed by atoms with Crippen molar-refractivity contribution in [2.45, 2.75) is 26.8 Å².